The molecule has 0 aliphatic rings. The molecule has 0 radical (unpaired) electrons. The third kappa shape index (κ3) is 3.82. The van der Waals surface area contributed by atoms with Gasteiger partial charge in [-0.05, 0) is 31.5 Å². The number of sulfone groups is 1. The topological polar surface area (TPSA) is 46.2 Å². The van der Waals surface area contributed by atoms with Crippen molar-refractivity contribution in [3.8, 4) is 0 Å². The van der Waals surface area contributed by atoms with E-state index in [9.17, 15) is 8.42 Å². The van der Waals surface area contributed by atoms with Gasteiger partial charge in [-0.3, -0.25) is 0 Å². The molecule has 1 aromatic carbocycles. The molecule has 1 aromatic rings. The van der Waals surface area contributed by atoms with Gasteiger partial charge in [0.15, 0.2) is 9.84 Å². The first kappa shape index (κ1) is 15.2. The maximum atomic E-state index is 11.6. The van der Waals surface area contributed by atoms with Gasteiger partial charge >= 0.3 is 0 Å². The van der Waals surface area contributed by atoms with Gasteiger partial charge in [-0.25, -0.2) is 8.42 Å². The van der Waals surface area contributed by atoms with Crippen LogP contribution in [0.5, 0.6) is 0 Å². The highest BCUT2D eigenvalue weighted by atomic mass is 32.2. The molecule has 0 saturated heterocycles. The monoisotopic (exact) mass is 269 g/mol. The van der Waals surface area contributed by atoms with E-state index in [0.717, 1.165) is 18.4 Å². The van der Waals surface area contributed by atoms with Crippen molar-refractivity contribution >= 4 is 9.84 Å². The average molecular weight is 269 g/mol. The van der Waals surface area contributed by atoms with Crippen molar-refractivity contribution in [3.05, 3.63) is 35.4 Å². The molecule has 3 nitrogen and oxygen atoms in total. The quantitative estimate of drug-likeness (QED) is 0.862. The highest BCUT2D eigenvalue weighted by Gasteiger charge is 2.25. The average Bonchev–Trinajstić information content (AvgIpc) is 2.31. The van der Waals surface area contributed by atoms with E-state index in [0.29, 0.717) is 0 Å². The van der Waals surface area contributed by atoms with Crippen molar-refractivity contribution in [2.45, 2.75) is 38.0 Å². The molecule has 0 aliphatic heterocycles. The molecule has 0 aromatic heterocycles. The molecular formula is C14H23NO2S. The van der Waals surface area contributed by atoms with Gasteiger partial charge in [0, 0.05) is 12.3 Å². The van der Waals surface area contributed by atoms with E-state index >= 15 is 0 Å². The summed E-state index contributed by atoms with van der Waals surface area (Å²) in [6, 6.07) is 8.05. The lowest BCUT2D eigenvalue weighted by molar-refractivity contribution is 0.535. The van der Waals surface area contributed by atoms with E-state index in [2.05, 4.69) is 24.4 Å². The normalized spacial score (nSPS) is 15.3. The summed E-state index contributed by atoms with van der Waals surface area (Å²) in [6.45, 7) is 3.90. The summed E-state index contributed by atoms with van der Waals surface area (Å²) in [7, 11) is -1.25. The summed E-state index contributed by atoms with van der Waals surface area (Å²) in [4.78, 5) is 0. The number of rotatable bonds is 6. The molecule has 1 rings (SSSR count). The second-order valence-electron chi connectivity index (χ2n) is 4.79. The largest absolute Gasteiger partial charge is 0.312 e. The molecule has 0 fully saturated rings. The Balaban J connectivity index is 2.96. The van der Waals surface area contributed by atoms with E-state index < -0.39 is 15.1 Å². The van der Waals surface area contributed by atoms with Crippen molar-refractivity contribution in [3.63, 3.8) is 0 Å². The fraction of sp³-hybridized carbons (Fsp3) is 0.571. The highest BCUT2D eigenvalue weighted by molar-refractivity contribution is 7.91. The molecular weight excluding hydrogens is 246 g/mol. The van der Waals surface area contributed by atoms with Crippen LogP contribution in [-0.4, -0.2) is 27.0 Å². The minimum absolute atomic E-state index is 0.157. The first-order chi connectivity index (χ1) is 8.40. The second-order valence-corrected chi connectivity index (χ2v) is 7.20. The van der Waals surface area contributed by atoms with Crippen LogP contribution in [0, 0.1) is 0 Å². The van der Waals surface area contributed by atoms with Crippen LogP contribution < -0.4 is 5.32 Å². The summed E-state index contributed by atoms with van der Waals surface area (Å²) in [5.41, 5.74) is 2.32. The number of aryl methyl sites for hydroxylation is 1. The van der Waals surface area contributed by atoms with Crippen LogP contribution in [-0.2, 0) is 16.3 Å². The van der Waals surface area contributed by atoms with Crippen LogP contribution in [0.15, 0.2) is 24.3 Å². The maximum Gasteiger partial charge on any atom is 0.151 e. The lowest BCUT2D eigenvalue weighted by atomic mass is 10.0. The smallest absolute Gasteiger partial charge is 0.151 e. The van der Waals surface area contributed by atoms with Gasteiger partial charge in [-0.2, -0.15) is 0 Å². The Hall–Kier alpha value is -0.870. The molecule has 2 atom stereocenters. The molecule has 1 N–H and O–H groups in total. The Bertz CT molecular complexity index is 465. The molecule has 102 valence electrons. The Morgan fingerprint density at radius 2 is 1.78 bits per heavy atom. The summed E-state index contributed by atoms with van der Waals surface area (Å²) in [5.74, 6) is 0. The zero-order valence-electron chi connectivity index (χ0n) is 11.6. The third-order valence-corrected chi connectivity index (χ3v) is 4.96. The van der Waals surface area contributed by atoms with Crippen molar-refractivity contribution < 1.29 is 8.42 Å². The van der Waals surface area contributed by atoms with E-state index in [-0.39, 0.29) is 6.04 Å². The lowest BCUT2D eigenvalue weighted by Crippen LogP contribution is -2.32. The van der Waals surface area contributed by atoms with Gasteiger partial charge in [0.1, 0.15) is 0 Å². The number of benzene rings is 1. The summed E-state index contributed by atoms with van der Waals surface area (Å²) in [5, 5.41) is 2.67. The Labute approximate surface area is 111 Å². The molecule has 0 amide bonds. The predicted molar refractivity (Wildman–Crippen MR) is 76.5 cm³/mol. The molecule has 0 heterocycles. The summed E-state index contributed by atoms with van der Waals surface area (Å²) in [6.07, 6.45) is 3.47. The van der Waals surface area contributed by atoms with E-state index in [1.54, 1.807) is 14.0 Å². The van der Waals surface area contributed by atoms with E-state index in [1.807, 2.05) is 12.1 Å². The van der Waals surface area contributed by atoms with Crippen LogP contribution in [0.2, 0.25) is 0 Å². The van der Waals surface area contributed by atoms with Crippen molar-refractivity contribution in [1.29, 1.82) is 0 Å². The number of hydrogen-bond acceptors (Lipinski definition) is 3. The maximum absolute atomic E-state index is 11.6. The molecule has 2 unspecified atom stereocenters. The van der Waals surface area contributed by atoms with Gasteiger partial charge in [-0.1, -0.05) is 37.6 Å². The van der Waals surface area contributed by atoms with Crippen LogP contribution >= 0.6 is 0 Å². The Kier molecular flexibility index (Phi) is 5.35. The molecule has 0 saturated carbocycles. The van der Waals surface area contributed by atoms with Crippen molar-refractivity contribution in [1.82, 2.24) is 5.32 Å². The second kappa shape index (κ2) is 6.34. The van der Waals surface area contributed by atoms with Crippen LogP contribution in [0.3, 0.4) is 0 Å². The zero-order valence-corrected chi connectivity index (χ0v) is 12.4. The summed E-state index contributed by atoms with van der Waals surface area (Å²) < 4.78 is 23.3. The Morgan fingerprint density at radius 1 is 1.22 bits per heavy atom. The SMILES string of the molecule is CCCc1ccc(C(NC)C(C)S(C)(=O)=O)cc1. The number of nitrogens with one attached hydrogen (secondary N) is 1. The van der Waals surface area contributed by atoms with Crippen LogP contribution in [0.25, 0.3) is 0 Å². The summed E-state index contributed by atoms with van der Waals surface area (Å²) >= 11 is 0. The standard InChI is InChI=1S/C14H23NO2S/c1-5-6-12-7-9-13(10-8-12)14(15-3)11(2)18(4,16)17/h7-11,14-15H,5-6H2,1-4H3. The molecule has 18 heavy (non-hydrogen) atoms. The number of hydrogen-bond donors (Lipinski definition) is 1. The lowest BCUT2D eigenvalue weighted by Gasteiger charge is -2.22. The molecule has 0 bridgehead atoms. The highest BCUT2D eigenvalue weighted by Crippen LogP contribution is 2.22. The fourth-order valence-corrected chi connectivity index (χ4v) is 2.89. The minimum atomic E-state index is -3.05. The van der Waals surface area contributed by atoms with E-state index in [1.165, 1.54) is 11.8 Å². The van der Waals surface area contributed by atoms with Crippen LogP contribution in [0.4, 0.5) is 0 Å². The van der Waals surface area contributed by atoms with Crippen molar-refractivity contribution in [2.24, 2.45) is 0 Å². The molecule has 4 heteroatoms. The van der Waals surface area contributed by atoms with E-state index in [4.69, 9.17) is 0 Å². The van der Waals surface area contributed by atoms with Gasteiger partial charge in [-0.15, -0.1) is 0 Å². The van der Waals surface area contributed by atoms with Gasteiger partial charge < -0.3 is 5.32 Å². The third-order valence-electron chi connectivity index (χ3n) is 3.33. The van der Waals surface area contributed by atoms with Gasteiger partial charge in [0.2, 0.25) is 0 Å². The Morgan fingerprint density at radius 3 is 2.17 bits per heavy atom. The van der Waals surface area contributed by atoms with Gasteiger partial charge in [0.25, 0.3) is 0 Å². The molecule has 0 spiro atoms. The fourth-order valence-electron chi connectivity index (χ4n) is 2.10. The van der Waals surface area contributed by atoms with Gasteiger partial charge in [0.05, 0.1) is 5.25 Å². The minimum Gasteiger partial charge on any atom is -0.312 e. The van der Waals surface area contributed by atoms with Crippen molar-refractivity contribution in [2.75, 3.05) is 13.3 Å². The first-order valence-corrected chi connectivity index (χ1v) is 8.30. The first-order valence-electron chi connectivity index (χ1n) is 6.35. The predicted octanol–water partition coefficient (Wildman–Crippen LogP) is 2.33. The zero-order chi connectivity index (χ0) is 13.8. The van der Waals surface area contributed by atoms with Crippen LogP contribution in [0.1, 0.15) is 37.4 Å². The molecule has 0 aliphatic carbocycles.